The third-order valence-corrected chi connectivity index (χ3v) is 5.40. The molecule has 2 atom stereocenters. The fraction of sp³-hybridized carbons (Fsp3) is 0.500. The second-order valence-electron chi connectivity index (χ2n) is 7.81. The number of urea groups is 1. The van der Waals surface area contributed by atoms with Crippen LogP contribution in [0, 0.1) is 0 Å². The zero-order valence-corrected chi connectivity index (χ0v) is 17.9. The largest absolute Gasteiger partial charge is 0.465 e. The molecule has 186 valence electrons. The summed E-state index contributed by atoms with van der Waals surface area (Å²) in [5, 5.41) is 18.4. The number of anilines is 1. The van der Waals surface area contributed by atoms with E-state index in [-0.39, 0.29) is 12.3 Å². The maximum atomic E-state index is 13.2. The van der Waals surface area contributed by atoms with Gasteiger partial charge < -0.3 is 36.0 Å². The molecule has 1 aromatic rings. The second-order valence-corrected chi connectivity index (χ2v) is 7.81. The number of carbonyl (C=O) groups is 4. The quantitative estimate of drug-likeness (QED) is 0.407. The van der Waals surface area contributed by atoms with E-state index in [1.54, 1.807) is 0 Å². The molecule has 34 heavy (non-hydrogen) atoms. The van der Waals surface area contributed by atoms with Gasteiger partial charge in [-0.3, -0.25) is 9.59 Å². The Bertz CT molecular complexity index is 953. The summed E-state index contributed by atoms with van der Waals surface area (Å²) < 4.78 is 44.7. The Balaban J connectivity index is 1.66. The second kappa shape index (κ2) is 10.6. The molecule has 3 rings (SSSR count). The molecular weight excluding hydrogens is 463 g/mol. The normalized spacial score (nSPS) is 20.0. The highest BCUT2D eigenvalue weighted by atomic mass is 19.4. The summed E-state index contributed by atoms with van der Waals surface area (Å²) in [6.45, 7) is 0.749. The molecule has 0 bridgehead atoms. The van der Waals surface area contributed by atoms with Crippen LogP contribution < -0.4 is 21.3 Å². The van der Waals surface area contributed by atoms with Crippen molar-refractivity contribution in [2.24, 2.45) is 0 Å². The van der Waals surface area contributed by atoms with Gasteiger partial charge in [0.15, 0.2) is 0 Å². The number of hydrogen-bond acceptors (Lipinski definition) is 5. The van der Waals surface area contributed by atoms with Gasteiger partial charge in [-0.05, 0) is 31.0 Å². The van der Waals surface area contributed by atoms with Gasteiger partial charge in [0.1, 0.15) is 0 Å². The average Bonchev–Trinajstić information content (AvgIpc) is 2.71. The first-order valence-corrected chi connectivity index (χ1v) is 10.5. The Labute approximate surface area is 192 Å². The van der Waals surface area contributed by atoms with Crippen molar-refractivity contribution in [3.05, 3.63) is 29.3 Å². The molecule has 0 aliphatic carbocycles. The van der Waals surface area contributed by atoms with Gasteiger partial charge in [0.05, 0.1) is 42.0 Å². The number of likely N-dealkylation sites (tertiary alicyclic amines) is 1. The number of nitrogens with one attached hydrogen (secondary N) is 4. The number of rotatable bonds is 6. The van der Waals surface area contributed by atoms with Gasteiger partial charge >= 0.3 is 18.3 Å². The average molecular weight is 487 g/mol. The van der Waals surface area contributed by atoms with Crippen molar-refractivity contribution in [3.63, 3.8) is 0 Å². The fourth-order valence-corrected chi connectivity index (χ4v) is 3.46. The van der Waals surface area contributed by atoms with Crippen LogP contribution in [0.25, 0.3) is 0 Å². The van der Waals surface area contributed by atoms with Gasteiger partial charge in [-0.15, -0.1) is 0 Å². The first-order valence-electron chi connectivity index (χ1n) is 10.5. The number of carboxylic acid groups (broad SMARTS) is 1. The Morgan fingerprint density at radius 1 is 1.12 bits per heavy atom. The van der Waals surface area contributed by atoms with Crippen LogP contribution in [-0.2, 0) is 15.7 Å². The Kier molecular flexibility index (Phi) is 7.81. The van der Waals surface area contributed by atoms with Crippen LogP contribution in [0.2, 0.25) is 0 Å². The molecule has 5 N–H and O–H groups in total. The SMILES string of the molecule is O=C(O)NC1CCOCC1NC(=O)CNC(=O)c1cc(C(F)(F)F)ccc1NC(=O)N1CCC1. The van der Waals surface area contributed by atoms with E-state index in [2.05, 4.69) is 21.3 Å². The summed E-state index contributed by atoms with van der Waals surface area (Å²) in [4.78, 5) is 49.5. The maximum absolute atomic E-state index is 13.2. The van der Waals surface area contributed by atoms with Crippen molar-refractivity contribution in [2.45, 2.75) is 31.1 Å². The molecule has 0 spiro atoms. The zero-order valence-electron chi connectivity index (χ0n) is 17.9. The van der Waals surface area contributed by atoms with Crippen LogP contribution in [0.1, 0.15) is 28.8 Å². The predicted octanol–water partition coefficient (Wildman–Crippen LogP) is 1.21. The van der Waals surface area contributed by atoms with Gasteiger partial charge in [-0.25, -0.2) is 9.59 Å². The number of amides is 5. The number of ether oxygens (including phenoxy) is 1. The topological polar surface area (TPSA) is 149 Å². The molecule has 11 nitrogen and oxygen atoms in total. The van der Waals surface area contributed by atoms with E-state index in [1.165, 1.54) is 4.90 Å². The van der Waals surface area contributed by atoms with Crippen molar-refractivity contribution in [2.75, 3.05) is 38.2 Å². The molecule has 0 radical (unpaired) electrons. The van der Waals surface area contributed by atoms with E-state index in [4.69, 9.17) is 9.84 Å². The lowest BCUT2D eigenvalue weighted by Gasteiger charge is -2.32. The Morgan fingerprint density at radius 2 is 1.85 bits per heavy atom. The van der Waals surface area contributed by atoms with Crippen LogP contribution in [0.15, 0.2) is 18.2 Å². The molecule has 0 saturated carbocycles. The summed E-state index contributed by atoms with van der Waals surface area (Å²) in [6.07, 6.45) is -4.86. The number of halogens is 3. The fourth-order valence-electron chi connectivity index (χ4n) is 3.46. The molecule has 2 unspecified atom stereocenters. The number of hydrogen-bond donors (Lipinski definition) is 5. The number of carbonyl (C=O) groups excluding carboxylic acids is 3. The van der Waals surface area contributed by atoms with Crippen LogP contribution in [-0.4, -0.2) is 78.9 Å². The smallest absolute Gasteiger partial charge is 0.416 e. The van der Waals surface area contributed by atoms with E-state index in [9.17, 15) is 32.3 Å². The molecule has 2 aliphatic heterocycles. The first kappa shape index (κ1) is 25.1. The molecule has 14 heteroatoms. The van der Waals surface area contributed by atoms with E-state index in [1.807, 2.05) is 0 Å². The highest BCUT2D eigenvalue weighted by molar-refractivity contribution is 6.04. The first-order chi connectivity index (χ1) is 16.0. The van der Waals surface area contributed by atoms with Crippen LogP contribution in [0.4, 0.5) is 28.4 Å². The van der Waals surface area contributed by atoms with Crippen molar-refractivity contribution >= 4 is 29.6 Å². The molecular formula is C20H24F3N5O6. The van der Waals surface area contributed by atoms with Crippen LogP contribution in [0.5, 0.6) is 0 Å². The molecule has 2 aliphatic rings. The summed E-state index contributed by atoms with van der Waals surface area (Å²) in [5.41, 5.74) is -1.68. The minimum Gasteiger partial charge on any atom is -0.465 e. The van der Waals surface area contributed by atoms with Crippen molar-refractivity contribution in [3.8, 4) is 0 Å². The summed E-state index contributed by atoms with van der Waals surface area (Å²) >= 11 is 0. The van der Waals surface area contributed by atoms with E-state index < -0.39 is 59.9 Å². The van der Waals surface area contributed by atoms with E-state index >= 15 is 0 Å². The molecule has 2 fully saturated rings. The van der Waals surface area contributed by atoms with Gasteiger partial charge in [0.25, 0.3) is 5.91 Å². The van der Waals surface area contributed by atoms with Crippen LogP contribution in [0.3, 0.4) is 0 Å². The number of nitrogens with zero attached hydrogens (tertiary/aromatic N) is 1. The summed E-state index contributed by atoms with van der Waals surface area (Å²) in [5.74, 6) is -1.69. The Hall–Kier alpha value is -3.55. The Morgan fingerprint density at radius 3 is 2.47 bits per heavy atom. The number of benzene rings is 1. The standard InChI is InChI=1S/C20H24F3N5O6/c21-20(22,23)11-2-3-13(26-18(31)28-5-1-6-28)12(8-11)17(30)24-9-16(29)25-15-10-34-7-4-14(15)27-19(32)33/h2-3,8,14-15,27H,1,4-7,9-10H2,(H,24,30)(H,25,29)(H,26,31)(H,32,33). The van der Waals surface area contributed by atoms with Gasteiger partial charge in [-0.2, -0.15) is 13.2 Å². The lowest BCUT2D eigenvalue weighted by atomic mass is 10.0. The number of alkyl halides is 3. The van der Waals surface area contributed by atoms with Crippen molar-refractivity contribution < 1.29 is 42.2 Å². The molecule has 1 aromatic carbocycles. The van der Waals surface area contributed by atoms with Crippen molar-refractivity contribution in [1.82, 2.24) is 20.9 Å². The lowest BCUT2D eigenvalue weighted by molar-refractivity contribution is -0.137. The molecule has 2 saturated heterocycles. The summed E-state index contributed by atoms with van der Waals surface area (Å²) in [6, 6.07) is 0.491. The third-order valence-electron chi connectivity index (χ3n) is 5.40. The van der Waals surface area contributed by atoms with Crippen molar-refractivity contribution in [1.29, 1.82) is 0 Å². The minimum absolute atomic E-state index is 0.0466. The van der Waals surface area contributed by atoms with Gasteiger partial charge in [0, 0.05) is 19.7 Å². The van der Waals surface area contributed by atoms with Crippen LogP contribution >= 0.6 is 0 Å². The van der Waals surface area contributed by atoms with E-state index in [0.29, 0.717) is 32.2 Å². The highest BCUT2D eigenvalue weighted by Gasteiger charge is 2.33. The third kappa shape index (κ3) is 6.50. The monoisotopic (exact) mass is 487 g/mol. The van der Waals surface area contributed by atoms with Gasteiger partial charge in [-0.1, -0.05) is 0 Å². The van der Waals surface area contributed by atoms with E-state index in [0.717, 1.165) is 18.6 Å². The molecule has 2 heterocycles. The molecule has 0 aromatic heterocycles. The lowest BCUT2D eigenvalue weighted by Crippen LogP contribution is -2.57. The predicted molar refractivity (Wildman–Crippen MR) is 111 cm³/mol. The summed E-state index contributed by atoms with van der Waals surface area (Å²) in [7, 11) is 0. The highest BCUT2D eigenvalue weighted by Crippen LogP contribution is 2.32. The zero-order chi connectivity index (χ0) is 24.9. The maximum Gasteiger partial charge on any atom is 0.416 e. The van der Waals surface area contributed by atoms with Gasteiger partial charge in [0.2, 0.25) is 5.91 Å². The minimum atomic E-state index is -4.72. The molecule has 5 amide bonds.